The third kappa shape index (κ3) is 5.34. The van der Waals surface area contributed by atoms with Gasteiger partial charge in [-0.1, -0.05) is 72.8 Å². The van der Waals surface area contributed by atoms with Crippen molar-refractivity contribution in [2.75, 3.05) is 19.8 Å². The molecule has 3 fully saturated rings. The number of benzene rings is 2. The fourth-order valence-electron chi connectivity index (χ4n) is 6.87. The Labute approximate surface area is 241 Å². The highest BCUT2D eigenvalue weighted by Gasteiger charge is 2.75. The Morgan fingerprint density at radius 3 is 2.41 bits per heavy atom. The van der Waals surface area contributed by atoms with E-state index in [4.69, 9.17) is 9.47 Å². The fourth-order valence-corrected chi connectivity index (χ4v) is 6.87. The Hall–Kier alpha value is -3.75. The molecule has 8 nitrogen and oxygen atoms in total. The highest BCUT2D eigenvalue weighted by atomic mass is 16.6. The Morgan fingerprint density at radius 2 is 1.78 bits per heavy atom. The summed E-state index contributed by atoms with van der Waals surface area (Å²) in [7, 11) is 0. The second-order valence-corrected chi connectivity index (χ2v) is 11.1. The van der Waals surface area contributed by atoms with E-state index < -0.39 is 41.6 Å². The molecular weight excluding hydrogens is 520 g/mol. The zero-order valence-electron chi connectivity index (χ0n) is 23.3. The number of nitrogens with zero attached hydrogens (tertiary/aromatic N) is 2. The van der Waals surface area contributed by atoms with Crippen molar-refractivity contribution in [2.24, 2.45) is 11.8 Å². The van der Waals surface area contributed by atoms with Gasteiger partial charge in [0.05, 0.1) is 37.2 Å². The Balaban J connectivity index is 1.54. The van der Waals surface area contributed by atoms with E-state index in [0.717, 1.165) is 11.1 Å². The molecule has 2 aromatic carbocycles. The molecule has 1 N–H and O–H groups in total. The molecule has 3 heterocycles. The van der Waals surface area contributed by atoms with Gasteiger partial charge in [0.15, 0.2) is 0 Å². The van der Waals surface area contributed by atoms with Gasteiger partial charge in [-0.2, -0.15) is 0 Å². The second kappa shape index (κ2) is 12.4. The number of fused-ring (bicyclic) bond motifs is 1. The van der Waals surface area contributed by atoms with Crippen LogP contribution in [-0.4, -0.2) is 76.2 Å². The van der Waals surface area contributed by atoms with Gasteiger partial charge in [-0.05, 0) is 36.8 Å². The Morgan fingerprint density at radius 1 is 1.10 bits per heavy atom. The lowest BCUT2D eigenvalue weighted by Gasteiger charge is -2.39. The van der Waals surface area contributed by atoms with E-state index in [1.165, 1.54) is 4.90 Å². The minimum absolute atomic E-state index is 0.170. The van der Waals surface area contributed by atoms with Gasteiger partial charge in [0.25, 0.3) is 0 Å². The predicted octanol–water partition coefficient (Wildman–Crippen LogP) is 3.30. The van der Waals surface area contributed by atoms with Crippen molar-refractivity contribution in [1.82, 2.24) is 9.80 Å². The molecule has 216 valence electrons. The summed E-state index contributed by atoms with van der Waals surface area (Å²) in [6.45, 7) is 7.95. The maximum atomic E-state index is 14.6. The Bertz CT molecular complexity index is 1270. The van der Waals surface area contributed by atoms with Gasteiger partial charge >= 0.3 is 5.97 Å². The zero-order chi connectivity index (χ0) is 29.0. The number of likely N-dealkylation sites (tertiary alicyclic amines) is 1. The fraction of sp³-hybridized carbons (Fsp3) is 0.424. The summed E-state index contributed by atoms with van der Waals surface area (Å²) in [5.41, 5.74) is 0.690. The maximum Gasteiger partial charge on any atom is 0.312 e. The van der Waals surface area contributed by atoms with Crippen LogP contribution >= 0.6 is 0 Å². The normalized spacial score (nSPS) is 26.9. The molecule has 3 saturated heterocycles. The molecule has 0 aromatic heterocycles. The largest absolute Gasteiger partial charge is 0.465 e. The lowest BCUT2D eigenvalue weighted by Crippen LogP contribution is -2.59. The number of rotatable bonds is 13. The van der Waals surface area contributed by atoms with Crippen molar-refractivity contribution in [3.63, 3.8) is 0 Å². The number of hydrogen-bond donors (Lipinski definition) is 1. The van der Waals surface area contributed by atoms with Crippen molar-refractivity contribution in [3.05, 3.63) is 97.1 Å². The molecule has 41 heavy (non-hydrogen) atoms. The molecule has 2 aromatic rings. The number of carbonyl (C=O) groups excluding carboxylic acids is 3. The maximum absolute atomic E-state index is 14.6. The summed E-state index contributed by atoms with van der Waals surface area (Å²) in [5.74, 6) is -2.78. The van der Waals surface area contributed by atoms with E-state index in [0.29, 0.717) is 32.2 Å². The van der Waals surface area contributed by atoms with E-state index in [9.17, 15) is 19.5 Å². The molecule has 2 bridgehead atoms. The molecule has 2 amide bonds. The molecule has 0 radical (unpaired) electrons. The monoisotopic (exact) mass is 558 g/mol. The molecule has 2 unspecified atom stereocenters. The first kappa shape index (κ1) is 28.8. The van der Waals surface area contributed by atoms with E-state index in [1.807, 2.05) is 60.7 Å². The molecule has 3 aliphatic heterocycles. The highest BCUT2D eigenvalue weighted by Crippen LogP contribution is 2.59. The molecule has 5 rings (SSSR count). The average molecular weight is 559 g/mol. The van der Waals surface area contributed by atoms with Gasteiger partial charge in [0.2, 0.25) is 11.8 Å². The molecular formula is C33H38N2O6. The number of carbonyl (C=O) groups is 3. The molecule has 1 spiro atoms. The third-order valence-corrected chi connectivity index (χ3v) is 8.61. The summed E-state index contributed by atoms with van der Waals surface area (Å²) in [5, 5.41) is 10.6. The van der Waals surface area contributed by atoms with Crippen LogP contribution in [0.2, 0.25) is 0 Å². The first-order chi connectivity index (χ1) is 19.9. The first-order valence-electron chi connectivity index (χ1n) is 14.3. The van der Waals surface area contributed by atoms with Crippen molar-refractivity contribution < 1.29 is 29.0 Å². The zero-order valence-corrected chi connectivity index (χ0v) is 23.3. The van der Waals surface area contributed by atoms with Gasteiger partial charge in [0, 0.05) is 13.1 Å². The van der Waals surface area contributed by atoms with Crippen LogP contribution in [0, 0.1) is 11.8 Å². The van der Waals surface area contributed by atoms with Crippen LogP contribution in [0.4, 0.5) is 0 Å². The molecule has 3 aliphatic rings. The van der Waals surface area contributed by atoms with Gasteiger partial charge in [-0.3, -0.25) is 14.4 Å². The van der Waals surface area contributed by atoms with E-state index >= 15 is 0 Å². The van der Waals surface area contributed by atoms with Crippen LogP contribution in [0.25, 0.3) is 0 Å². The van der Waals surface area contributed by atoms with Gasteiger partial charge in [-0.25, -0.2) is 0 Å². The minimum atomic E-state index is -1.18. The van der Waals surface area contributed by atoms with Crippen LogP contribution in [0.5, 0.6) is 0 Å². The van der Waals surface area contributed by atoms with Gasteiger partial charge in [-0.15, -0.1) is 13.2 Å². The second-order valence-electron chi connectivity index (χ2n) is 11.1. The number of aliphatic hydroxyl groups excluding tert-OH is 1. The summed E-state index contributed by atoms with van der Waals surface area (Å²) >= 11 is 0. The smallest absolute Gasteiger partial charge is 0.312 e. The van der Waals surface area contributed by atoms with Crippen LogP contribution in [0.3, 0.4) is 0 Å². The van der Waals surface area contributed by atoms with Gasteiger partial charge in [0.1, 0.15) is 11.6 Å². The van der Waals surface area contributed by atoms with Crippen molar-refractivity contribution in [3.8, 4) is 0 Å². The van der Waals surface area contributed by atoms with Crippen molar-refractivity contribution in [2.45, 2.75) is 56.0 Å². The van der Waals surface area contributed by atoms with E-state index in [-0.39, 0.29) is 31.6 Å². The minimum Gasteiger partial charge on any atom is -0.465 e. The Kier molecular flexibility index (Phi) is 8.71. The average Bonchev–Trinajstić information content (AvgIpc) is 3.64. The quantitative estimate of drug-likeness (QED) is 0.230. The number of ether oxygens (including phenoxy) is 2. The number of hydrogen-bond acceptors (Lipinski definition) is 6. The lowest BCUT2D eigenvalue weighted by atomic mass is 9.70. The molecule has 0 saturated carbocycles. The van der Waals surface area contributed by atoms with Crippen molar-refractivity contribution >= 4 is 17.8 Å². The predicted molar refractivity (Wildman–Crippen MR) is 153 cm³/mol. The van der Waals surface area contributed by atoms with E-state index in [2.05, 4.69) is 13.2 Å². The summed E-state index contributed by atoms with van der Waals surface area (Å²) in [6.07, 6.45) is 4.70. The number of esters is 1. The van der Waals surface area contributed by atoms with E-state index in [1.54, 1.807) is 17.1 Å². The first-order valence-corrected chi connectivity index (χ1v) is 14.3. The molecule has 8 heteroatoms. The number of amides is 2. The van der Waals surface area contributed by atoms with Crippen LogP contribution in [-0.2, 0) is 36.8 Å². The van der Waals surface area contributed by atoms with Crippen LogP contribution in [0.1, 0.15) is 30.4 Å². The number of aliphatic hydroxyl groups is 1. The summed E-state index contributed by atoms with van der Waals surface area (Å²) in [4.78, 5) is 45.5. The molecule has 0 aliphatic carbocycles. The van der Waals surface area contributed by atoms with Crippen molar-refractivity contribution in [1.29, 1.82) is 0 Å². The molecule has 6 atom stereocenters. The topological polar surface area (TPSA) is 96.4 Å². The summed E-state index contributed by atoms with van der Waals surface area (Å²) < 4.78 is 12.1. The summed E-state index contributed by atoms with van der Waals surface area (Å²) in [6, 6.07) is 17.5. The van der Waals surface area contributed by atoms with Crippen LogP contribution in [0.15, 0.2) is 86.0 Å². The SMILES string of the molecule is C=CCCOC(=O)[C@@H]1[C@@H]2CCC3(O2)C(C(=O)N(CC=C)Cc2ccccc2)N([C@@H](CO)Cc2ccccc2)C(=O)[C@H]13. The lowest BCUT2D eigenvalue weighted by molar-refractivity contribution is -0.156. The standard InChI is InChI=1S/C33H38N2O6/c1-3-5-19-40-32(39)27-26-16-17-33(41-26)28(27)30(37)35(25(22-36)20-23-12-8-6-9-13-23)29(33)31(38)34(18-4-2)21-24-14-10-7-11-15-24/h3-4,6-15,25-29,36H,1-2,5,16-22H2/t25-,26+,27-,28+,29?,33?/m1/s1. The van der Waals surface area contributed by atoms with Crippen LogP contribution < -0.4 is 0 Å². The third-order valence-electron chi connectivity index (χ3n) is 8.61. The van der Waals surface area contributed by atoms with Gasteiger partial charge < -0.3 is 24.4 Å². The highest BCUT2D eigenvalue weighted by molar-refractivity contribution is 5.98.